The van der Waals surface area contributed by atoms with Crippen LogP contribution >= 0.6 is 12.2 Å². The molecule has 0 fully saturated rings. The number of aromatic nitrogens is 2. The van der Waals surface area contributed by atoms with Crippen molar-refractivity contribution in [3.63, 3.8) is 0 Å². The van der Waals surface area contributed by atoms with Crippen LogP contribution in [0.4, 0.5) is 4.39 Å². The van der Waals surface area contributed by atoms with E-state index in [2.05, 4.69) is 14.9 Å². The second-order valence-corrected chi connectivity index (χ2v) is 4.78. The lowest BCUT2D eigenvalue weighted by atomic mass is 10.0. The first-order valence-corrected chi connectivity index (χ1v) is 6.30. The molecule has 2 aromatic rings. The molecule has 2 rings (SSSR count). The van der Waals surface area contributed by atoms with Gasteiger partial charge in [-0.2, -0.15) is 5.10 Å². The topological polar surface area (TPSA) is 55.0 Å². The number of ether oxygens (including phenoxy) is 1. The van der Waals surface area contributed by atoms with Gasteiger partial charge in [0.15, 0.2) is 0 Å². The van der Waals surface area contributed by atoms with Gasteiger partial charge < -0.3 is 4.74 Å². The zero-order valence-corrected chi connectivity index (χ0v) is 12.1. The van der Waals surface area contributed by atoms with Crippen LogP contribution in [0.15, 0.2) is 18.2 Å². The molecule has 0 saturated carbocycles. The van der Waals surface area contributed by atoms with Gasteiger partial charge >= 0.3 is 5.97 Å². The molecule has 6 heteroatoms. The van der Waals surface area contributed by atoms with Gasteiger partial charge in [-0.25, -0.2) is 9.18 Å². The summed E-state index contributed by atoms with van der Waals surface area (Å²) in [6.07, 6.45) is 0. The molecule has 0 aliphatic rings. The lowest BCUT2D eigenvalue weighted by molar-refractivity contribution is 0.0600. The highest BCUT2D eigenvalue weighted by atomic mass is 32.1. The number of hydrogen-bond acceptors (Lipinski definition) is 4. The molecule has 1 N–H and O–H groups in total. The van der Waals surface area contributed by atoms with Crippen molar-refractivity contribution < 1.29 is 13.9 Å². The van der Waals surface area contributed by atoms with E-state index >= 15 is 0 Å². The van der Waals surface area contributed by atoms with Gasteiger partial charge in [-0.15, -0.1) is 0 Å². The maximum Gasteiger partial charge on any atom is 0.337 e. The molecule has 4 nitrogen and oxygen atoms in total. The van der Waals surface area contributed by atoms with Crippen LogP contribution in [-0.2, 0) is 4.74 Å². The minimum atomic E-state index is -0.594. The smallest absolute Gasteiger partial charge is 0.337 e. The van der Waals surface area contributed by atoms with E-state index in [9.17, 15) is 9.18 Å². The molecular formula is C14H13FN2O2S. The number of esters is 1. The Morgan fingerprint density at radius 1 is 1.30 bits per heavy atom. The fourth-order valence-corrected chi connectivity index (χ4v) is 2.06. The molecule has 0 amide bonds. The molecule has 0 radical (unpaired) electrons. The monoisotopic (exact) mass is 292 g/mol. The van der Waals surface area contributed by atoms with Crippen LogP contribution in [0, 0.1) is 24.3 Å². The van der Waals surface area contributed by atoms with Gasteiger partial charge in [0, 0.05) is 5.56 Å². The molecule has 0 aliphatic carbocycles. The summed E-state index contributed by atoms with van der Waals surface area (Å²) in [6.45, 7) is 3.71. The van der Waals surface area contributed by atoms with E-state index in [0.29, 0.717) is 15.9 Å². The molecule has 0 saturated heterocycles. The summed E-state index contributed by atoms with van der Waals surface area (Å²) in [4.78, 5) is 11.5. The van der Waals surface area contributed by atoms with Crippen LogP contribution < -0.4 is 0 Å². The molecule has 0 aliphatic heterocycles. The predicted octanol–water partition coefficient (Wildman–Crippen LogP) is 3.35. The molecule has 1 aromatic carbocycles. The first-order chi connectivity index (χ1) is 9.43. The number of aromatic amines is 1. The van der Waals surface area contributed by atoms with E-state index in [1.165, 1.54) is 13.2 Å². The van der Waals surface area contributed by atoms with E-state index in [4.69, 9.17) is 12.2 Å². The zero-order chi connectivity index (χ0) is 14.9. The quantitative estimate of drug-likeness (QED) is 0.681. The molecule has 1 aromatic heterocycles. The number of methoxy groups -OCH3 is 1. The number of nitrogens with zero attached hydrogens (tertiary/aromatic N) is 1. The van der Waals surface area contributed by atoms with Crippen molar-refractivity contribution in [3.05, 3.63) is 45.3 Å². The SMILES string of the molecule is COC(=O)c1cc(F)cc(-c2n[nH]c(=S)c(C)c2C)c1. The van der Waals surface area contributed by atoms with E-state index in [0.717, 1.165) is 17.2 Å². The van der Waals surface area contributed by atoms with Crippen molar-refractivity contribution in [2.45, 2.75) is 13.8 Å². The van der Waals surface area contributed by atoms with Gasteiger partial charge in [-0.05, 0) is 43.2 Å². The van der Waals surface area contributed by atoms with Crippen molar-refractivity contribution >= 4 is 18.2 Å². The number of rotatable bonds is 2. The summed E-state index contributed by atoms with van der Waals surface area (Å²) < 4.78 is 18.8. The molecule has 0 bridgehead atoms. The first-order valence-electron chi connectivity index (χ1n) is 5.89. The van der Waals surface area contributed by atoms with Gasteiger partial charge in [0.2, 0.25) is 0 Å². The third kappa shape index (κ3) is 2.60. The Kier molecular flexibility index (Phi) is 3.94. The average molecular weight is 292 g/mol. The number of carbonyl (C=O) groups is 1. The van der Waals surface area contributed by atoms with Gasteiger partial charge in [0.1, 0.15) is 10.5 Å². The Morgan fingerprint density at radius 3 is 2.65 bits per heavy atom. The highest BCUT2D eigenvalue weighted by Crippen LogP contribution is 2.25. The Labute approximate surface area is 120 Å². The maximum atomic E-state index is 13.7. The zero-order valence-electron chi connectivity index (χ0n) is 11.3. The highest BCUT2D eigenvalue weighted by molar-refractivity contribution is 7.71. The van der Waals surface area contributed by atoms with Gasteiger partial charge in [0.25, 0.3) is 0 Å². The highest BCUT2D eigenvalue weighted by Gasteiger charge is 2.13. The maximum absolute atomic E-state index is 13.7. The van der Waals surface area contributed by atoms with E-state index in [1.54, 1.807) is 6.07 Å². The summed E-state index contributed by atoms with van der Waals surface area (Å²) >= 11 is 5.10. The fourth-order valence-electron chi connectivity index (χ4n) is 1.87. The second-order valence-electron chi connectivity index (χ2n) is 4.37. The van der Waals surface area contributed by atoms with E-state index in [1.807, 2.05) is 13.8 Å². The number of halogens is 1. The van der Waals surface area contributed by atoms with Crippen molar-refractivity contribution in [2.75, 3.05) is 7.11 Å². The molecule has 1 heterocycles. The summed E-state index contributed by atoms with van der Waals surface area (Å²) in [5.41, 5.74) is 2.91. The fraction of sp³-hybridized carbons (Fsp3) is 0.214. The first kappa shape index (κ1) is 14.3. The van der Waals surface area contributed by atoms with Crippen molar-refractivity contribution in [1.29, 1.82) is 0 Å². The average Bonchev–Trinajstić information content (AvgIpc) is 2.43. The van der Waals surface area contributed by atoms with E-state index in [-0.39, 0.29) is 5.56 Å². The van der Waals surface area contributed by atoms with Crippen LogP contribution in [0.25, 0.3) is 11.3 Å². The lowest BCUT2D eigenvalue weighted by Gasteiger charge is -2.09. The molecule has 0 unspecified atom stereocenters. The van der Waals surface area contributed by atoms with E-state index < -0.39 is 11.8 Å². The largest absolute Gasteiger partial charge is 0.465 e. The Bertz CT molecular complexity index is 740. The molecule has 0 atom stereocenters. The van der Waals surface area contributed by atoms with Crippen LogP contribution in [-0.4, -0.2) is 23.3 Å². The molecular weight excluding hydrogens is 279 g/mol. The van der Waals surface area contributed by atoms with Crippen LogP contribution in [0.2, 0.25) is 0 Å². The van der Waals surface area contributed by atoms with Crippen molar-refractivity contribution in [1.82, 2.24) is 10.2 Å². The summed E-state index contributed by atoms with van der Waals surface area (Å²) in [5, 5.41) is 6.84. The van der Waals surface area contributed by atoms with Gasteiger partial charge in [0.05, 0.1) is 18.4 Å². The molecule has 0 spiro atoms. The minimum absolute atomic E-state index is 0.142. The number of benzene rings is 1. The number of H-pyrrole nitrogens is 1. The number of nitrogens with one attached hydrogen (secondary N) is 1. The van der Waals surface area contributed by atoms with Gasteiger partial charge in [-0.1, -0.05) is 12.2 Å². The van der Waals surface area contributed by atoms with Crippen LogP contribution in [0.1, 0.15) is 21.5 Å². The molecule has 20 heavy (non-hydrogen) atoms. The third-order valence-electron chi connectivity index (χ3n) is 3.12. The Balaban J connectivity index is 2.64. The third-order valence-corrected chi connectivity index (χ3v) is 3.52. The van der Waals surface area contributed by atoms with Crippen molar-refractivity contribution in [3.8, 4) is 11.3 Å². The van der Waals surface area contributed by atoms with Crippen LogP contribution in [0.5, 0.6) is 0 Å². The minimum Gasteiger partial charge on any atom is -0.465 e. The predicted molar refractivity (Wildman–Crippen MR) is 75.6 cm³/mol. The summed E-state index contributed by atoms with van der Waals surface area (Å²) in [6, 6.07) is 3.99. The number of hydrogen-bond donors (Lipinski definition) is 1. The Hall–Kier alpha value is -2.08. The second kappa shape index (κ2) is 5.50. The number of carbonyl (C=O) groups excluding carboxylic acids is 1. The summed E-state index contributed by atoms with van der Waals surface area (Å²) in [7, 11) is 1.25. The Morgan fingerprint density at radius 2 is 2.00 bits per heavy atom. The van der Waals surface area contributed by atoms with Crippen LogP contribution in [0.3, 0.4) is 0 Å². The van der Waals surface area contributed by atoms with Gasteiger partial charge in [-0.3, -0.25) is 5.10 Å². The standard InChI is InChI=1S/C14H13FN2O2S/c1-7-8(2)13(20)17-16-12(7)9-4-10(14(18)19-3)6-11(15)5-9/h4-6H,1-3H3,(H,17,20). The normalized spacial score (nSPS) is 10.4. The molecule has 104 valence electrons. The van der Waals surface area contributed by atoms with Crippen molar-refractivity contribution in [2.24, 2.45) is 0 Å². The lowest BCUT2D eigenvalue weighted by Crippen LogP contribution is -2.03. The summed E-state index contributed by atoms with van der Waals surface area (Å²) in [5.74, 6) is -1.12.